The molecule has 10 nitrogen and oxygen atoms in total. The Morgan fingerprint density at radius 2 is 1.81 bits per heavy atom. The van der Waals surface area contributed by atoms with Gasteiger partial charge < -0.3 is 10.6 Å². The third kappa shape index (κ3) is 4.06. The molecule has 0 spiro atoms. The summed E-state index contributed by atoms with van der Waals surface area (Å²) in [5.74, 6) is -0.0881. The smallest absolute Gasteiger partial charge is 0.273 e. The highest BCUT2D eigenvalue weighted by Crippen LogP contribution is 2.17. The Bertz CT molecular complexity index is 1030. The van der Waals surface area contributed by atoms with E-state index in [9.17, 15) is 14.4 Å². The molecule has 0 atom stereocenters. The zero-order chi connectivity index (χ0) is 18.7. The van der Waals surface area contributed by atoms with Gasteiger partial charge in [-0.15, -0.1) is 10.2 Å². The minimum absolute atomic E-state index is 0.0914. The van der Waals surface area contributed by atoms with E-state index in [4.69, 9.17) is 0 Å². The Balaban J connectivity index is 1.61. The van der Waals surface area contributed by atoms with E-state index in [1.54, 1.807) is 31.2 Å². The highest BCUT2D eigenvalue weighted by molar-refractivity contribution is 7.99. The average molecular weight is 373 g/mol. The first-order valence-electron chi connectivity index (χ1n) is 7.55. The molecule has 1 aromatic carbocycles. The van der Waals surface area contributed by atoms with E-state index >= 15 is 0 Å². The first-order chi connectivity index (χ1) is 12.4. The van der Waals surface area contributed by atoms with Crippen LogP contribution in [0.25, 0.3) is 5.78 Å². The largest absolute Gasteiger partial charge is 0.326 e. The second kappa shape index (κ2) is 7.35. The number of benzene rings is 1. The lowest BCUT2D eigenvalue weighted by Crippen LogP contribution is -2.16. The van der Waals surface area contributed by atoms with Gasteiger partial charge in [-0.2, -0.15) is 9.61 Å². The van der Waals surface area contributed by atoms with Gasteiger partial charge in [0.05, 0.1) is 5.75 Å². The van der Waals surface area contributed by atoms with E-state index in [1.807, 2.05) is 0 Å². The normalized spacial score (nSPS) is 10.7. The number of amides is 2. The van der Waals surface area contributed by atoms with Crippen LogP contribution < -0.4 is 16.2 Å². The summed E-state index contributed by atoms with van der Waals surface area (Å²) < 4.78 is 1.39. The number of aryl methyl sites for hydroxylation is 1. The Morgan fingerprint density at radius 3 is 2.46 bits per heavy atom. The SMILES string of the molecule is CC(=O)Nc1ccc(NC(=O)CSc2nnc3[nH]c(=O)c(C)nn23)cc1. The van der Waals surface area contributed by atoms with Crippen molar-refractivity contribution >= 4 is 40.7 Å². The lowest BCUT2D eigenvalue weighted by Gasteiger charge is -2.06. The Hall–Kier alpha value is -3.21. The molecular formula is C15H15N7O3S. The second-order valence-corrected chi connectivity index (χ2v) is 6.30. The summed E-state index contributed by atoms with van der Waals surface area (Å²) >= 11 is 1.15. The third-order valence-electron chi connectivity index (χ3n) is 3.24. The van der Waals surface area contributed by atoms with Crippen molar-refractivity contribution < 1.29 is 9.59 Å². The minimum Gasteiger partial charge on any atom is -0.326 e. The molecule has 0 aliphatic rings. The van der Waals surface area contributed by atoms with Crippen LogP contribution in [0.15, 0.2) is 34.2 Å². The fourth-order valence-corrected chi connectivity index (χ4v) is 2.76. The molecule has 2 amide bonds. The van der Waals surface area contributed by atoms with Crippen LogP contribution >= 0.6 is 11.8 Å². The summed E-state index contributed by atoms with van der Waals surface area (Å²) in [6.45, 7) is 3.00. The second-order valence-electron chi connectivity index (χ2n) is 5.35. The van der Waals surface area contributed by atoms with Crippen LogP contribution in [0, 0.1) is 6.92 Å². The number of H-pyrrole nitrogens is 1. The summed E-state index contributed by atoms with van der Waals surface area (Å²) in [6.07, 6.45) is 0. The first-order valence-corrected chi connectivity index (χ1v) is 8.53. The molecule has 3 N–H and O–H groups in total. The van der Waals surface area contributed by atoms with E-state index in [-0.39, 0.29) is 34.6 Å². The van der Waals surface area contributed by atoms with Crippen LogP contribution in [-0.4, -0.2) is 42.4 Å². The topological polar surface area (TPSA) is 134 Å². The molecular weight excluding hydrogens is 358 g/mol. The number of rotatable bonds is 5. The molecule has 0 saturated heterocycles. The number of aromatic nitrogens is 5. The highest BCUT2D eigenvalue weighted by Gasteiger charge is 2.12. The van der Waals surface area contributed by atoms with Gasteiger partial charge in [-0.05, 0) is 31.2 Å². The predicted octanol–water partition coefficient (Wildman–Crippen LogP) is 0.810. The number of thioether (sulfide) groups is 1. The molecule has 2 heterocycles. The summed E-state index contributed by atoms with van der Waals surface area (Å²) in [5.41, 5.74) is 1.20. The van der Waals surface area contributed by atoms with Gasteiger partial charge in [0.1, 0.15) is 5.69 Å². The van der Waals surface area contributed by atoms with Crippen molar-refractivity contribution in [3.63, 3.8) is 0 Å². The monoisotopic (exact) mass is 373 g/mol. The van der Waals surface area contributed by atoms with Crippen molar-refractivity contribution in [1.82, 2.24) is 24.8 Å². The van der Waals surface area contributed by atoms with Crippen LogP contribution in [0.3, 0.4) is 0 Å². The van der Waals surface area contributed by atoms with Gasteiger partial charge in [-0.3, -0.25) is 19.4 Å². The van der Waals surface area contributed by atoms with E-state index in [0.717, 1.165) is 11.8 Å². The van der Waals surface area contributed by atoms with Crippen molar-refractivity contribution in [3.05, 3.63) is 40.3 Å². The zero-order valence-electron chi connectivity index (χ0n) is 13.9. The zero-order valence-corrected chi connectivity index (χ0v) is 14.8. The van der Waals surface area contributed by atoms with Gasteiger partial charge in [-0.25, -0.2) is 0 Å². The summed E-state index contributed by atoms with van der Waals surface area (Å²) in [6, 6.07) is 6.77. The minimum atomic E-state index is -0.332. The fraction of sp³-hybridized carbons (Fsp3) is 0.200. The standard InChI is InChI=1S/C15H15N7O3S/c1-8-13(25)18-14-19-20-15(22(14)21-8)26-7-12(24)17-11-5-3-10(4-6-11)16-9(2)23/h3-6H,7H2,1-2H3,(H,16,23)(H,17,24)(H,18,19,25). The van der Waals surface area contributed by atoms with Crippen LogP contribution in [0.5, 0.6) is 0 Å². The molecule has 0 radical (unpaired) electrons. The molecule has 0 fully saturated rings. The van der Waals surface area contributed by atoms with Gasteiger partial charge in [-0.1, -0.05) is 11.8 Å². The average Bonchev–Trinajstić information content (AvgIpc) is 2.96. The summed E-state index contributed by atoms with van der Waals surface area (Å²) in [4.78, 5) is 37.1. The van der Waals surface area contributed by atoms with Crippen molar-refractivity contribution in [3.8, 4) is 0 Å². The first kappa shape index (κ1) is 17.6. The summed E-state index contributed by atoms with van der Waals surface area (Å²) in [5, 5.41) is 17.6. The number of carbonyl (C=O) groups excluding carboxylic acids is 2. The number of nitrogens with one attached hydrogen (secondary N) is 3. The lowest BCUT2D eigenvalue weighted by atomic mass is 10.3. The number of carbonyl (C=O) groups is 2. The molecule has 0 aliphatic heterocycles. The molecule has 26 heavy (non-hydrogen) atoms. The molecule has 11 heteroatoms. The van der Waals surface area contributed by atoms with Crippen LogP contribution in [0.2, 0.25) is 0 Å². The number of anilines is 2. The van der Waals surface area contributed by atoms with E-state index in [0.29, 0.717) is 16.5 Å². The number of aromatic amines is 1. The number of fused-ring (bicyclic) bond motifs is 1. The molecule has 134 valence electrons. The van der Waals surface area contributed by atoms with Gasteiger partial charge >= 0.3 is 0 Å². The Morgan fingerprint density at radius 1 is 1.15 bits per heavy atom. The maximum Gasteiger partial charge on any atom is 0.273 e. The van der Waals surface area contributed by atoms with Crippen LogP contribution in [-0.2, 0) is 9.59 Å². The number of hydrogen-bond acceptors (Lipinski definition) is 7. The number of nitrogens with zero attached hydrogens (tertiary/aromatic N) is 4. The highest BCUT2D eigenvalue weighted by atomic mass is 32.2. The van der Waals surface area contributed by atoms with E-state index in [1.165, 1.54) is 11.4 Å². The Labute approximate surface area is 151 Å². The number of hydrogen-bond donors (Lipinski definition) is 3. The third-order valence-corrected chi connectivity index (χ3v) is 4.16. The quantitative estimate of drug-likeness (QED) is 0.563. The maximum absolute atomic E-state index is 12.1. The summed E-state index contributed by atoms with van der Waals surface area (Å²) in [7, 11) is 0. The molecule has 0 saturated carbocycles. The van der Waals surface area contributed by atoms with Crippen molar-refractivity contribution in [2.45, 2.75) is 19.0 Å². The van der Waals surface area contributed by atoms with Crippen LogP contribution in [0.4, 0.5) is 11.4 Å². The van der Waals surface area contributed by atoms with Crippen molar-refractivity contribution in [2.75, 3.05) is 16.4 Å². The van der Waals surface area contributed by atoms with Gasteiger partial charge in [0, 0.05) is 18.3 Å². The molecule has 3 aromatic rings. The van der Waals surface area contributed by atoms with E-state index < -0.39 is 0 Å². The van der Waals surface area contributed by atoms with Crippen molar-refractivity contribution in [2.24, 2.45) is 0 Å². The van der Waals surface area contributed by atoms with Gasteiger partial charge in [0.2, 0.25) is 17.0 Å². The van der Waals surface area contributed by atoms with Gasteiger partial charge in [0.25, 0.3) is 11.3 Å². The predicted molar refractivity (Wildman–Crippen MR) is 96.2 cm³/mol. The van der Waals surface area contributed by atoms with Gasteiger partial charge in [0.15, 0.2) is 0 Å². The van der Waals surface area contributed by atoms with E-state index in [2.05, 4.69) is 30.9 Å². The molecule has 0 unspecified atom stereocenters. The molecule has 2 aromatic heterocycles. The molecule has 0 aliphatic carbocycles. The van der Waals surface area contributed by atoms with Crippen molar-refractivity contribution in [1.29, 1.82) is 0 Å². The fourth-order valence-electron chi connectivity index (χ4n) is 2.08. The lowest BCUT2D eigenvalue weighted by molar-refractivity contribution is -0.114. The maximum atomic E-state index is 12.1. The molecule has 0 bridgehead atoms. The molecule has 3 rings (SSSR count). The Kier molecular flexibility index (Phi) is 4.98. The van der Waals surface area contributed by atoms with Crippen LogP contribution in [0.1, 0.15) is 12.6 Å².